The predicted molar refractivity (Wildman–Crippen MR) is 90.7 cm³/mol. The fraction of sp³-hybridized carbons (Fsp3) is 0.400. The number of carbonyl (C=O) groups excluding carboxylic acids is 2. The number of dihydropyridines is 1. The van der Waals surface area contributed by atoms with Gasteiger partial charge in [-0.25, -0.2) is 4.39 Å². The molecule has 1 unspecified atom stereocenters. The molecule has 0 bridgehead atoms. The lowest BCUT2D eigenvalue weighted by Gasteiger charge is -2.39. The lowest BCUT2D eigenvalue weighted by atomic mass is 9.67. The quantitative estimate of drug-likeness (QED) is 0.892. The minimum Gasteiger partial charge on any atom is -0.362 e. The van der Waals surface area contributed by atoms with Gasteiger partial charge in [-0.3, -0.25) is 9.59 Å². The van der Waals surface area contributed by atoms with Crippen molar-refractivity contribution in [1.29, 1.82) is 0 Å². The number of allylic oxidation sites excluding steroid dienone is 4. The van der Waals surface area contributed by atoms with Gasteiger partial charge in [0, 0.05) is 33.9 Å². The third-order valence-corrected chi connectivity index (χ3v) is 5.07. The van der Waals surface area contributed by atoms with Gasteiger partial charge in [-0.1, -0.05) is 26.0 Å². The van der Waals surface area contributed by atoms with Crippen molar-refractivity contribution in [2.75, 3.05) is 0 Å². The van der Waals surface area contributed by atoms with Crippen LogP contribution in [0.5, 0.6) is 0 Å². The van der Waals surface area contributed by atoms with E-state index in [4.69, 9.17) is 0 Å². The summed E-state index contributed by atoms with van der Waals surface area (Å²) in [5.74, 6) is -0.925. The average Bonchev–Trinajstić information content (AvgIpc) is 2.50. The molecule has 2 aliphatic rings. The molecular formula is C20H22FNO2. The maximum atomic E-state index is 13.8. The van der Waals surface area contributed by atoms with Crippen LogP contribution in [0.4, 0.5) is 4.39 Å². The zero-order valence-electron chi connectivity index (χ0n) is 14.5. The second-order valence-corrected chi connectivity index (χ2v) is 7.31. The maximum absolute atomic E-state index is 13.8. The SMILES string of the molecule is CC(=O)C1=C(C)NC2=C(C(=O)C(C)(C)CC2)C1c1cccc(F)c1. The number of ketones is 2. The largest absolute Gasteiger partial charge is 0.362 e. The molecule has 3 rings (SSSR count). The summed E-state index contributed by atoms with van der Waals surface area (Å²) in [5, 5.41) is 3.26. The number of halogens is 1. The Morgan fingerprint density at radius 3 is 2.67 bits per heavy atom. The van der Waals surface area contributed by atoms with Crippen molar-refractivity contribution < 1.29 is 14.0 Å². The lowest BCUT2D eigenvalue weighted by Crippen LogP contribution is -2.40. The molecule has 1 aromatic rings. The van der Waals surface area contributed by atoms with Crippen molar-refractivity contribution >= 4 is 11.6 Å². The van der Waals surface area contributed by atoms with Crippen molar-refractivity contribution in [3.05, 3.63) is 58.2 Å². The fourth-order valence-electron chi connectivity index (χ4n) is 3.76. The zero-order chi connectivity index (χ0) is 17.6. The second-order valence-electron chi connectivity index (χ2n) is 7.31. The summed E-state index contributed by atoms with van der Waals surface area (Å²) in [6, 6.07) is 6.20. The van der Waals surface area contributed by atoms with Crippen LogP contribution in [0.3, 0.4) is 0 Å². The molecule has 1 heterocycles. The highest BCUT2D eigenvalue weighted by Crippen LogP contribution is 2.46. The third kappa shape index (κ3) is 2.60. The molecule has 0 amide bonds. The first-order valence-corrected chi connectivity index (χ1v) is 8.24. The van der Waals surface area contributed by atoms with E-state index in [1.165, 1.54) is 19.1 Å². The Morgan fingerprint density at radius 1 is 1.33 bits per heavy atom. The van der Waals surface area contributed by atoms with Gasteiger partial charge in [0.05, 0.1) is 0 Å². The summed E-state index contributed by atoms with van der Waals surface area (Å²) in [4.78, 5) is 25.4. The van der Waals surface area contributed by atoms with Crippen LogP contribution < -0.4 is 5.32 Å². The molecule has 1 aliphatic carbocycles. The first kappa shape index (κ1) is 16.6. The van der Waals surface area contributed by atoms with Gasteiger partial charge in [0.25, 0.3) is 0 Å². The summed E-state index contributed by atoms with van der Waals surface area (Å²) in [6.45, 7) is 7.20. The number of nitrogens with one attached hydrogen (secondary N) is 1. The van der Waals surface area contributed by atoms with Crippen LogP contribution in [0, 0.1) is 11.2 Å². The van der Waals surface area contributed by atoms with Crippen LogP contribution >= 0.6 is 0 Å². The number of benzene rings is 1. The van der Waals surface area contributed by atoms with E-state index in [2.05, 4.69) is 5.32 Å². The van der Waals surface area contributed by atoms with Crippen LogP contribution in [-0.2, 0) is 9.59 Å². The molecule has 0 saturated heterocycles. The summed E-state index contributed by atoms with van der Waals surface area (Å²) in [5.41, 5.74) is 2.97. The number of rotatable bonds is 2. The number of hydrogen-bond donors (Lipinski definition) is 1. The molecule has 0 spiro atoms. The Kier molecular flexibility index (Phi) is 3.94. The Morgan fingerprint density at radius 2 is 2.04 bits per heavy atom. The molecule has 0 radical (unpaired) electrons. The van der Waals surface area contributed by atoms with E-state index >= 15 is 0 Å². The smallest absolute Gasteiger partial charge is 0.167 e. The highest BCUT2D eigenvalue weighted by atomic mass is 19.1. The van der Waals surface area contributed by atoms with Crippen molar-refractivity contribution in [2.45, 2.75) is 46.5 Å². The first-order chi connectivity index (χ1) is 11.2. The van der Waals surface area contributed by atoms with Crippen LogP contribution in [0.15, 0.2) is 46.8 Å². The van der Waals surface area contributed by atoms with Gasteiger partial charge in [-0.05, 0) is 44.4 Å². The Bertz CT molecular complexity index is 802. The number of hydrogen-bond acceptors (Lipinski definition) is 3. The molecule has 0 aromatic heterocycles. The van der Waals surface area contributed by atoms with Crippen molar-refractivity contribution in [3.63, 3.8) is 0 Å². The van der Waals surface area contributed by atoms with Gasteiger partial charge < -0.3 is 5.32 Å². The van der Waals surface area contributed by atoms with Gasteiger partial charge in [0.1, 0.15) is 5.82 Å². The van der Waals surface area contributed by atoms with Crippen molar-refractivity contribution in [3.8, 4) is 0 Å². The van der Waals surface area contributed by atoms with Crippen LogP contribution in [0.1, 0.15) is 52.0 Å². The Hall–Kier alpha value is -2.23. The molecule has 0 saturated carbocycles. The monoisotopic (exact) mass is 327 g/mol. The lowest BCUT2D eigenvalue weighted by molar-refractivity contribution is -0.124. The molecular weight excluding hydrogens is 305 g/mol. The maximum Gasteiger partial charge on any atom is 0.167 e. The van der Waals surface area contributed by atoms with E-state index in [1.807, 2.05) is 20.8 Å². The molecule has 3 nitrogen and oxygen atoms in total. The average molecular weight is 327 g/mol. The summed E-state index contributed by atoms with van der Waals surface area (Å²) < 4.78 is 13.8. The third-order valence-electron chi connectivity index (χ3n) is 5.07. The van der Waals surface area contributed by atoms with Crippen LogP contribution in [0.25, 0.3) is 0 Å². The zero-order valence-corrected chi connectivity index (χ0v) is 14.5. The van der Waals surface area contributed by atoms with E-state index in [0.717, 1.165) is 24.2 Å². The normalized spacial score (nSPS) is 23.0. The molecule has 1 aliphatic heterocycles. The first-order valence-electron chi connectivity index (χ1n) is 8.24. The number of Topliss-reactive ketones (excluding diaryl/α,β-unsaturated/α-hetero) is 2. The van der Waals surface area contributed by atoms with E-state index < -0.39 is 11.3 Å². The Labute approximate surface area is 141 Å². The molecule has 126 valence electrons. The molecule has 1 atom stereocenters. The van der Waals surface area contributed by atoms with Gasteiger partial charge in [-0.2, -0.15) is 0 Å². The molecule has 4 heteroatoms. The minimum atomic E-state index is -0.499. The van der Waals surface area contributed by atoms with Gasteiger partial charge in [0.2, 0.25) is 0 Å². The topological polar surface area (TPSA) is 46.2 Å². The van der Waals surface area contributed by atoms with Gasteiger partial charge in [-0.15, -0.1) is 0 Å². The van der Waals surface area contributed by atoms with E-state index in [9.17, 15) is 14.0 Å². The summed E-state index contributed by atoms with van der Waals surface area (Å²) >= 11 is 0. The summed E-state index contributed by atoms with van der Waals surface area (Å²) in [7, 11) is 0. The van der Waals surface area contributed by atoms with E-state index in [1.54, 1.807) is 12.1 Å². The minimum absolute atomic E-state index is 0.0387. The summed E-state index contributed by atoms with van der Waals surface area (Å²) in [6.07, 6.45) is 1.51. The van der Waals surface area contributed by atoms with Crippen LogP contribution in [-0.4, -0.2) is 11.6 Å². The highest BCUT2D eigenvalue weighted by molar-refractivity contribution is 6.07. The standard InChI is InChI=1S/C20H22FNO2/c1-11-16(12(2)23)17(13-6-5-7-14(21)10-13)18-15(22-11)8-9-20(3,4)19(18)24/h5-7,10,17,22H,8-9H2,1-4H3. The fourth-order valence-corrected chi connectivity index (χ4v) is 3.76. The van der Waals surface area contributed by atoms with Crippen molar-refractivity contribution in [2.24, 2.45) is 5.41 Å². The number of carbonyl (C=O) groups is 2. The molecule has 1 aromatic carbocycles. The predicted octanol–water partition coefficient (Wildman–Crippen LogP) is 4.02. The van der Waals surface area contributed by atoms with E-state index in [-0.39, 0.29) is 17.4 Å². The molecule has 1 N–H and O–H groups in total. The molecule has 24 heavy (non-hydrogen) atoms. The highest BCUT2D eigenvalue weighted by Gasteiger charge is 2.43. The second kappa shape index (κ2) is 5.69. The molecule has 0 fully saturated rings. The van der Waals surface area contributed by atoms with Gasteiger partial charge >= 0.3 is 0 Å². The van der Waals surface area contributed by atoms with E-state index in [0.29, 0.717) is 16.7 Å². The Balaban J connectivity index is 2.24. The van der Waals surface area contributed by atoms with Crippen molar-refractivity contribution in [1.82, 2.24) is 5.32 Å². The van der Waals surface area contributed by atoms with Gasteiger partial charge in [0.15, 0.2) is 11.6 Å². The van der Waals surface area contributed by atoms with Crippen LogP contribution in [0.2, 0.25) is 0 Å².